The van der Waals surface area contributed by atoms with Gasteiger partial charge in [-0.3, -0.25) is 4.57 Å². The maximum absolute atomic E-state index is 11.9. The topological polar surface area (TPSA) is 70.1 Å². The summed E-state index contributed by atoms with van der Waals surface area (Å²) in [5.41, 5.74) is 6.40. The number of anilines is 1. The molecular weight excluding hydrogens is 318 g/mol. The van der Waals surface area contributed by atoms with E-state index in [0.29, 0.717) is 17.8 Å². The smallest absolute Gasteiger partial charge is 0.350 e. The number of hydrogen-bond donors (Lipinski definition) is 1. The van der Waals surface area contributed by atoms with E-state index in [1.165, 1.54) is 5.56 Å². The molecule has 1 aromatic carbocycles. The summed E-state index contributed by atoms with van der Waals surface area (Å²) in [4.78, 5) is 15.6. The third-order valence-corrected chi connectivity index (χ3v) is 6.38. The number of nitrogen functional groups attached to an aromatic ring is 1. The highest BCUT2D eigenvalue weighted by atomic mass is 32.2. The number of nitrogens with two attached hydrogens (primary N) is 1. The van der Waals surface area contributed by atoms with Crippen LogP contribution in [0.3, 0.4) is 0 Å². The number of benzene rings is 1. The number of ether oxygens (including phenoxy) is 1. The van der Waals surface area contributed by atoms with Crippen LogP contribution in [0.1, 0.15) is 10.9 Å². The lowest BCUT2D eigenvalue weighted by molar-refractivity contribution is 0.133. The molecule has 0 spiro atoms. The van der Waals surface area contributed by atoms with Crippen LogP contribution in [0.4, 0.5) is 5.82 Å². The largest absolute Gasteiger partial charge is 0.383 e. The Bertz CT molecular complexity index is 678. The van der Waals surface area contributed by atoms with Crippen molar-refractivity contribution in [3.05, 3.63) is 58.6 Å². The molecule has 22 heavy (non-hydrogen) atoms. The van der Waals surface area contributed by atoms with Gasteiger partial charge in [-0.2, -0.15) is 4.98 Å². The van der Waals surface area contributed by atoms with Gasteiger partial charge >= 0.3 is 5.69 Å². The Morgan fingerprint density at radius 1 is 1.32 bits per heavy atom. The molecule has 2 heterocycles. The van der Waals surface area contributed by atoms with E-state index in [0.717, 1.165) is 5.75 Å². The van der Waals surface area contributed by atoms with Crippen LogP contribution in [0.2, 0.25) is 0 Å². The van der Waals surface area contributed by atoms with E-state index in [4.69, 9.17) is 10.5 Å². The van der Waals surface area contributed by atoms with Crippen molar-refractivity contribution in [1.82, 2.24) is 9.55 Å². The first-order valence-electron chi connectivity index (χ1n) is 6.96. The summed E-state index contributed by atoms with van der Waals surface area (Å²) >= 11 is 3.55. The molecule has 2 atom stereocenters. The fraction of sp³-hybridized carbons (Fsp3) is 0.333. The van der Waals surface area contributed by atoms with Gasteiger partial charge in [0.15, 0.2) is 0 Å². The van der Waals surface area contributed by atoms with E-state index in [1.807, 2.05) is 30.0 Å². The summed E-state index contributed by atoms with van der Waals surface area (Å²) in [5.74, 6) is 1.13. The molecule has 1 aliphatic rings. The lowest BCUT2D eigenvalue weighted by atomic mass is 10.2. The first-order valence-corrected chi connectivity index (χ1v) is 8.95. The van der Waals surface area contributed by atoms with Crippen molar-refractivity contribution in [3.63, 3.8) is 0 Å². The van der Waals surface area contributed by atoms with Crippen LogP contribution in [0.5, 0.6) is 0 Å². The molecule has 7 heteroatoms. The molecule has 1 aromatic heterocycles. The van der Waals surface area contributed by atoms with E-state index in [9.17, 15) is 4.79 Å². The standard InChI is InChI=1S/C15H17N3O2S2/c16-12-6-7-18(15(19)17-12)13-10-21-14(22-13)9-20-8-11-4-2-1-3-5-11/h1-7,13-14H,8-10H2,(H2,16,17,19)/t13?,14-/m1/s1. The summed E-state index contributed by atoms with van der Waals surface area (Å²) in [6.45, 7) is 1.28. The van der Waals surface area contributed by atoms with Crippen molar-refractivity contribution < 1.29 is 4.74 Å². The van der Waals surface area contributed by atoms with Gasteiger partial charge in [-0.05, 0) is 11.6 Å². The maximum Gasteiger partial charge on any atom is 0.350 e. The quantitative estimate of drug-likeness (QED) is 0.904. The highest BCUT2D eigenvalue weighted by Crippen LogP contribution is 2.43. The van der Waals surface area contributed by atoms with Gasteiger partial charge in [0.05, 0.1) is 23.2 Å². The van der Waals surface area contributed by atoms with Crippen molar-refractivity contribution in [2.45, 2.75) is 16.6 Å². The van der Waals surface area contributed by atoms with Crippen LogP contribution in [0, 0.1) is 0 Å². The average molecular weight is 335 g/mol. The van der Waals surface area contributed by atoms with Crippen LogP contribution in [-0.2, 0) is 11.3 Å². The van der Waals surface area contributed by atoms with Crippen molar-refractivity contribution >= 4 is 29.3 Å². The number of rotatable bonds is 5. The molecule has 1 saturated heterocycles. The molecule has 0 radical (unpaired) electrons. The SMILES string of the molecule is Nc1ccn(C2CS[C@@H](COCc3ccccc3)S2)c(=O)n1. The second-order valence-electron chi connectivity index (χ2n) is 4.90. The summed E-state index contributed by atoms with van der Waals surface area (Å²) in [7, 11) is 0. The zero-order chi connectivity index (χ0) is 15.4. The van der Waals surface area contributed by atoms with E-state index in [-0.39, 0.29) is 16.9 Å². The summed E-state index contributed by atoms with van der Waals surface area (Å²) < 4.78 is 7.75. The first-order chi connectivity index (χ1) is 10.7. The Labute approximate surface area is 137 Å². The van der Waals surface area contributed by atoms with Crippen LogP contribution in [-0.4, -0.2) is 26.5 Å². The van der Waals surface area contributed by atoms with Crippen molar-refractivity contribution in [3.8, 4) is 0 Å². The van der Waals surface area contributed by atoms with Gasteiger partial charge in [0.25, 0.3) is 0 Å². The van der Waals surface area contributed by atoms with E-state index < -0.39 is 0 Å². The van der Waals surface area contributed by atoms with Gasteiger partial charge in [-0.1, -0.05) is 30.3 Å². The molecule has 1 aliphatic heterocycles. The number of thioether (sulfide) groups is 2. The minimum absolute atomic E-state index is 0.0934. The fourth-order valence-electron chi connectivity index (χ4n) is 2.17. The van der Waals surface area contributed by atoms with E-state index in [2.05, 4.69) is 17.1 Å². The van der Waals surface area contributed by atoms with Crippen LogP contribution < -0.4 is 11.4 Å². The molecule has 0 saturated carbocycles. The Balaban J connectivity index is 1.51. The van der Waals surface area contributed by atoms with Crippen molar-refractivity contribution in [1.29, 1.82) is 0 Å². The third kappa shape index (κ3) is 3.85. The monoisotopic (exact) mass is 335 g/mol. The Kier molecular flexibility index (Phi) is 5.07. The van der Waals surface area contributed by atoms with Gasteiger partial charge in [-0.25, -0.2) is 4.79 Å². The Hall–Kier alpha value is -1.44. The van der Waals surface area contributed by atoms with Gasteiger partial charge in [-0.15, -0.1) is 23.5 Å². The zero-order valence-corrected chi connectivity index (χ0v) is 13.6. The summed E-state index contributed by atoms with van der Waals surface area (Å²) in [6, 6.07) is 11.8. The third-order valence-electron chi connectivity index (χ3n) is 3.26. The molecule has 1 fully saturated rings. The molecule has 5 nitrogen and oxygen atoms in total. The lowest BCUT2D eigenvalue weighted by Gasteiger charge is -2.13. The van der Waals surface area contributed by atoms with Gasteiger partial charge < -0.3 is 10.5 Å². The Morgan fingerprint density at radius 2 is 2.14 bits per heavy atom. The zero-order valence-electron chi connectivity index (χ0n) is 11.9. The second-order valence-corrected chi connectivity index (χ2v) is 7.82. The highest BCUT2D eigenvalue weighted by Gasteiger charge is 2.28. The molecule has 1 unspecified atom stereocenters. The van der Waals surface area contributed by atoms with E-state index >= 15 is 0 Å². The second kappa shape index (κ2) is 7.21. The molecule has 0 aliphatic carbocycles. The van der Waals surface area contributed by atoms with Gasteiger partial charge in [0, 0.05) is 11.9 Å². The normalized spacial score (nSPS) is 21.1. The highest BCUT2D eigenvalue weighted by molar-refractivity contribution is 8.20. The molecule has 116 valence electrons. The van der Waals surface area contributed by atoms with E-state index in [1.54, 1.807) is 28.6 Å². The van der Waals surface area contributed by atoms with Gasteiger partial charge in [0.1, 0.15) is 5.82 Å². The Morgan fingerprint density at radius 3 is 2.91 bits per heavy atom. The fourth-order valence-corrected chi connectivity index (χ4v) is 5.20. The van der Waals surface area contributed by atoms with Gasteiger partial charge in [0.2, 0.25) is 0 Å². The molecule has 2 aromatic rings. The minimum atomic E-state index is -0.288. The molecular formula is C15H17N3O2S2. The summed E-state index contributed by atoms with van der Waals surface area (Å²) in [6.07, 6.45) is 1.72. The predicted molar refractivity (Wildman–Crippen MR) is 91.9 cm³/mol. The molecule has 0 amide bonds. The summed E-state index contributed by atoms with van der Waals surface area (Å²) in [5, 5.41) is 0.0934. The van der Waals surface area contributed by atoms with Crippen LogP contribution >= 0.6 is 23.5 Å². The molecule has 2 N–H and O–H groups in total. The number of aromatic nitrogens is 2. The minimum Gasteiger partial charge on any atom is -0.383 e. The molecule has 3 rings (SSSR count). The van der Waals surface area contributed by atoms with Crippen LogP contribution in [0.15, 0.2) is 47.4 Å². The lowest BCUT2D eigenvalue weighted by Crippen LogP contribution is -2.25. The van der Waals surface area contributed by atoms with Crippen molar-refractivity contribution in [2.24, 2.45) is 0 Å². The first kappa shape index (κ1) is 15.5. The predicted octanol–water partition coefficient (Wildman–Crippen LogP) is 2.35. The molecule has 0 bridgehead atoms. The number of nitrogens with zero attached hydrogens (tertiary/aromatic N) is 2. The maximum atomic E-state index is 11.9. The average Bonchev–Trinajstić information content (AvgIpc) is 2.97. The number of hydrogen-bond acceptors (Lipinski definition) is 6. The van der Waals surface area contributed by atoms with Crippen molar-refractivity contribution in [2.75, 3.05) is 18.1 Å². The van der Waals surface area contributed by atoms with Crippen LogP contribution in [0.25, 0.3) is 0 Å².